The van der Waals surface area contributed by atoms with E-state index in [2.05, 4.69) is 11.3 Å². The molecule has 0 amide bonds. The van der Waals surface area contributed by atoms with Gasteiger partial charge in [-0.25, -0.2) is 9.59 Å². The molecule has 0 saturated heterocycles. The second-order valence-corrected chi connectivity index (χ2v) is 4.10. The van der Waals surface area contributed by atoms with Crippen molar-refractivity contribution in [3.05, 3.63) is 23.7 Å². The first-order valence-electron chi connectivity index (χ1n) is 6.31. The van der Waals surface area contributed by atoms with Crippen molar-refractivity contribution in [3.63, 3.8) is 0 Å². The minimum Gasteiger partial charge on any atom is -0.475 e. The monoisotopic (exact) mass is 288 g/mol. The van der Waals surface area contributed by atoms with Crippen LogP contribution in [0.5, 0.6) is 0 Å². The smallest absolute Gasteiger partial charge is 0.371 e. The SMILES string of the molecule is CCCCCCC(O)O.O=C(O)c1ccc(C(=O)O)o1. The molecule has 0 radical (unpaired) electrons. The summed E-state index contributed by atoms with van der Waals surface area (Å²) in [4.78, 5) is 20.3. The number of furan rings is 1. The molecule has 7 heteroatoms. The first-order valence-corrected chi connectivity index (χ1v) is 6.31. The quantitative estimate of drug-likeness (QED) is 0.445. The fourth-order valence-electron chi connectivity index (χ4n) is 1.32. The van der Waals surface area contributed by atoms with E-state index < -0.39 is 18.2 Å². The van der Waals surface area contributed by atoms with Crippen LogP contribution in [-0.4, -0.2) is 38.7 Å². The Bertz CT molecular complexity index is 380. The number of hydrogen-bond donors (Lipinski definition) is 4. The number of carbonyl (C=O) groups is 2. The number of unbranched alkanes of at least 4 members (excludes halogenated alkanes) is 3. The van der Waals surface area contributed by atoms with E-state index in [1.165, 1.54) is 12.8 Å². The first kappa shape index (κ1) is 18.1. The zero-order valence-corrected chi connectivity index (χ0v) is 11.3. The Hall–Kier alpha value is -1.86. The molecule has 0 unspecified atom stereocenters. The van der Waals surface area contributed by atoms with Gasteiger partial charge in [-0.2, -0.15) is 0 Å². The van der Waals surface area contributed by atoms with Crippen molar-refractivity contribution >= 4 is 11.9 Å². The lowest BCUT2D eigenvalue weighted by Crippen LogP contribution is -2.02. The summed E-state index contributed by atoms with van der Waals surface area (Å²) in [5, 5.41) is 33.4. The van der Waals surface area contributed by atoms with Crippen LogP contribution in [-0.2, 0) is 0 Å². The van der Waals surface area contributed by atoms with Gasteiger partial charge in [0.2, 0.25) is 11.5 Å². The van der Waals surface area contributed by atoms with Crippen LogP contribution in [0.3, 0.4) is 0 Å². The topological polar surface area (TPSA) is 128 Å². The summed E-state index contributed by atoms with van der Waals surface area (Å²) in [6.07, 6.45) is 3.88. The maximum Gasteiger partial charge on any atom is 0.371 e. The highest BCUT2D eigenvalue weighted by atomic mass is 16.5. The van der Waals surface area contributed by atoms with Crippen LogP contribution in [0, 0.1) is 0 Å². The lowest BCUT2D eigenvalue weighted by Gasteiger charge is -2.00. The third-order valence-corrected chi connectivity index (χ3v) is 2.34. The van der Waals surface area contributed by atoms with E-state index >= 15 is 0 Å². The number of rotatable bonds is 7. The molecule has 20 heavy (non-hydrogen) atoms. The molecule has 0 aliphatic carbocycles. The first-order chi connectivity index (χ1) is 9.38. The van der Waals surface area contributed by atoms with E-state index in [0.717, 1.165) is 25.0 Å². The molecule has 0 atom stereocenters. The third-order valence-electron chi connectivity index (χ3n) is 2.34. The molecule has 7 nitrogen and oxygen atoms in total. The average Bonchev–Trinajstić information content (AvgIpc) is 2.85. The zero-order valence-electron chi connectivity index (χ0n) is 11.3. The highest BCUT2D eigenvalue weighted by molar-refractivity contribution is 5.88. The van der Waals surface area contributed by atoms with Gasteiger partial charge in [-0.3, -0.25) is 0 Å². The van der Waals surface area contributed by atoms with Crippen LogP contribution in [0.2, 0.25) is 0 Å². The van der Waals surface area contributed by atoms with Gasteiger partial charge in [-0.15, -0.1) is 0 Å². The van der Waals surface area contributed by atoms with Gasteiger partial charge in [0, 0.05) is 0 Å². The molecule has 0 bridgehead atoms. The summed E-state index contributed by atoms with van der Waals surface area (Å²) in [5.74, 6) is -3.31. The molecular formula is C13H20O7. The Kier molecular flexibility index (Phi) is 9.06. The van der Waals surface area contributed by atoms with Crippen LogP contribution >= 0.6 is 0 Å². The van der Waals surface area contributed by atoms with Crippen LogP contribution in [0.4, 0.5) is 0 Å². The van der Waals surface area contributed by atoms with Gasteiger partial charge in [0.05, 0.1) is 0 Å². The molecule has 0 aliphatic heterocycles. The van der Waals surface area contributed by atoms with Crippen LogP contribution in [0.1, 0.15) is 60.1 Å². The Morgan fingerprint density at radius 1 is 1.05 bits per heavy atom. The lowest BCUT2D eigenvalue weighted by atomic mass is 10.1. The summed E-state index contributed by atoms with van der Waals surface area (Å²) < 4.78 is 4.41. The molecule has 1 aromatic rings. The maximum absolute atomic E-state index is 10.2. The highest BCUT2D eigenvalue weighted by Crippen LogP contribution is 2.06. The predicted molar refractivity (Wildman–Crippen MR) is 69.6 cm³/mol. The molecule has 4 N–H and O–H groups in total. The Morgan fingerprint density at radius 3 is 1.85 bits per heavy atom. The van der Waals surface area contributed by atoms with E-state index in [9.17, 15) is 9.59 Å². The van der Waals surface area contributed by atoms with Gasteiger partial charge in [0.25, 0.3) is 0 Å². The van der Waals surface area contributed by atoms with Crippen molar-refractivity contribution < 1.29 is 34.4 Å². The average molecular weight is 288 g/mol. The summed E-state index contributed by atoms with van der Waals surface area (Å²) in [6.45, 7) is 2.13. The summed E-state index contributed by atoms with van der Waals surface area (Å²) >= 11 is 0. The number of carboxylic acids is 2. The number of carboxylic acid groups (broad SMARTS) is 2. The van der Waals surface area contributed by atoms with Gasteiger partial charge >= 0.3 is 11.9 Å². The Morgan fingerprint density at radius 2 is 1.55 bits per heavy atom. The molecular weight excluding hydrogens is 268 g/mol. The molecule has 0 fully saturated rings. The number of aliphatic hydroxyl groups is 2. The largest absolute Gasteiger partial charge is 0.475 e. The summed E-state index contributed by atoms with van der Waals surface area (Å²) in [5.41, 5.74) is 0. The molecule has 1 rings (SSSR count). The number of hydrogen-bond acceptors (Lipinski definition) is 5. The minimum atomic E-state index is -1.28. The van der Waals surface area contributed by atoms with Gasteiger partial charge in [-0.1, -0.05) is 26.2 Å². The molecule has 0 spiro atoms. The van der Waals surface area contributed by atoms with Crippen LogP contribution < -0.4 is 0 Å². The molecule has 0 aromatic carbocycles. The molecule has 114 valence electrons. The normalized spacial score (nSPS) is 10.0. The predicted octanol–water partition coefficient (Wildman–Crippen LogP) is 1.94. The van der Waals surface area contributed by atoms with E-state index in [0.29, 0.717) is 6.42 Å². The summed E-state index contributed by atoms with van der Waals surface area (Å²) in [6, 6.07) is 2.18. The van der Waals surface area contributed by atoms with Crippen LogP contribution in [0.15, 0.2) is 16.5 Å². The van der Waals surface area contributed by atoms with Crippen molar-refractivity contribution in [2.45, 2.75) is 45.3 Å². The van der Waals surface area contributed by atoms with Gasteiger partial charge in [0.15, 0.2) is 6.29 Å². The fourth-order valence-corrected chi connectivity index (χ4v) is 1.32. The molecule has 0 saturated carbocycles. The second-order valence-electron chi connectivity index (χ2n) is 4.10. The van der Waals surface area contributed by atoms with E-state index in [-0.39, 0.29) is 11.5 Å². The van der Waals surface area contributed by atoms with Crippen molar-refractivity contribution in [3.8, 4) is 0 Å². The number of aromatic carboxylic acids is 2. The van der Waals surface area contributed by atoms with Crippen molar-refractivity contribution in [1.29, 1.82) is 0 Å². The maximum atomic E-state index is 10.2. The molecule has 0 aliphatic rings. The van der Waals surface area contributed by atoms with E-state index in [1.54, 1.807) is 0 Å². The molecule has 1 heterocycles. The Labute approximate surface area is 116 Å². The van der Waals surface area contributed by atoms with E-state index in [1.807, 2.05) is 0 Å². The van der Waals surface area contributed by atoms with Gasteiger partial charge in [-0.05, 0) is 25.0 Å². The lowest BCUT2D eigenvalue weighted by molar-refractivity contribution is -0.0466. The molecule has 1 aromatic heterocycles. The third kappa shape index (κ3) is 8.28. The zero-order chi connectivity index (χ0) is 15.5. The second kappa shape index (κ2) is 9.99. The van der Waals surface area contributed by atoms with Gasteiger partial charge in [0.1, 0.15) is 0 Å². The van der Waals surface area contributed by atoms with Crippen molar-refractivity contribution in [2.75, 3.05) is 0 Å². The van der Waals surface area contributed by atoms with Crippen molar-refractivity contribution in [1.82, 2.24) is 0 Å². The fraction of sp³-hybridized carbons (Fsp3) is 0.538. The highest BCUT2D eigenvalue weighted by Gasteiger charge is 2.12. The summed E-state index contributed by atoms with van der Waals surface area (Å²) in [7, 11) is 0. The van der Waals surface area contributed by atoms with Crippen LogP contribution in [0.25, 0.3) is 0 Å². The van der Waals surface area contributed by atoms with Crippen molar-refractivity contribution in [2.24, 2.45) is 0 Å². The standard InChI is InChI=1S/C7H16O2.C6H4O5/c1-2-3-4-5-6-7(8)9;7-5(8)3-1-2-4(11-3)6(9)10/h7-9H,2-6H2,1H3;1-2H,(H,7,8)(H,9,10). The Balaban J connectivity index is 0.000000370. The van der Waals surface area contributed by atoms with Gasteiger partial charge < -0.3 is 24.8 Å². The minimum absolute atomic E-state index is 0.373. The van der Waals surface area contributed by atoms with E-state index in [4.69, 9.17) is 20.4 Å². The number of aliphatic hydroxyl groups excluding tert-OH is 1.